The third-order valence-corrected chi connectivity index (χ3v) is 3.41. The van der Waals surface area contributed by atoms with Gasteiger partial charge in [0.2, 0.25) is 0 Å². The Balaban J connectivity index is 3.36. The van der Waals surface area contributed by atoms with Crippen molar-refractivity contribution in [2.24, 2.45) is 0 Å². The van der Waals surface area contributed by atoms with Gasteiger partial charge < -0.3 is 0 Å². The van der Waals surface area contributed by atoms with E-state index in [-0.39, 0.29) is 0 Å². The SMILES string of the molecule is C=CCS(=O)C/C=C/SSC. The zero-order valence-corrected chi connectivity index (χ0v) is 8.94. The first kappa shape index (κ1) is 11.3. The van der Waals surface area contributed by atoms with Crippen molar-refractivity contribution in [2.45, 2.75) is 0 Å². The number of hydrogen-bond acceptors (Lipinski definition) is 3. The van der Waals surface area contributed by atoms with Crippen LogP contribution in [0.15, 0.2) is 24.1 Å². The van der Waals surface area contributed by atoms with Crippen molar-refractivity contribution >= 4 is 32.4 Å². The van der Waals surface area contributed by atoms with Gasteiger partial charge in [-0.3, -0.25) is 4.21 Å². The van der Waals surface area contributed by atoms with Crippen LogP contribution in [0.3, 0.4) is 0 Å². The topological polar surface area (TPSA) is 17.1 Å². The van der Waals surface area contributed by atoms with Crippen LogP contribution in [0.4, 0.5) is 0 Å². The summed E-state index contributed by atoms with van der Waals surface area (Å²) in [5.41, 5.74) is 0. The van der Waals surface area contributed by atoms with Gasteiger partial charge in [-0.25, -0.2) is 0 Å². The first-order chi connectivity index (χ1) is 5.31. The Kier molecular flexibility index (Phi) is 8.68. The molecule has 1 unspecified atom stereocenters. The molecule has 0 aliphatic rings. The van der Waals surface area contributed by atoms with E-state index in [1.165, 1.54) is 0 Å². The van der Waals surface area contributed by atoms with Crippen LogP contribution in [-0.2, 0) is 10.8 Å². The van der Waals surface area contributed by atoms with E-state index in [2.05, 4.69) is 6.58 Å². The summed E-state index contributed by atoms with van der Waals surface area (Å²) in [7, 11) is 2.57. The fourth-order valence-corrected chi connectivity index (χ4v) is 2.13. The molecule has 11 heavy (non-hydrogen) atoms. The van der Waals surface area contributed by atoms with E-state index in [4.69, 9.17) is 0 Å². The Morgan fingerprint density at radius 3 is 2.82 bits per heavy atom. The maximum atomic E-state index is 11.0. The molecule has 0 fully saturated rings. The molecular weight excluding hydrogens is 196 g/mol. The second kappa shape index (κ2) is 8.43. The summed E-state index contributed by atoms with van der Waals surface area (Å²) >= 11 is 0. The van der Waals surface area contributed by atoms with E-state index in [9.17, 15) is 4.21 Å². The van der Waals surface area contributed by atoms with Crippen molar-refractivity contribution in [2.75, 3.05) is 17.8 Å². The average Bonchev–Trinajstić information content (AvgIpc) is 1.99. The lowest BCUT2D eigenvalue weighted by Gasteiger charge is -1.90. The molecule has 1 nitrogen and oxygen atoms in total. The minimum Gasteiger partial charge on any atom is -0.259 e. The monoisotopic (exact) mass is 208 g/mol. The largest absolute Gasteiger partial charge is 0.259 e. The third-order valence-electron chi connectivity index (χ3n) is 0.834. The first-order valence-corrected chi connectivity index (χ1v) is 7.22. The molecule has 0 bridgehead atoms. The van der Waals surface area contributed by atoms with Gasteiger partial charge in [-0.1, -0.05) is 33.7 Å². The molecular formula is C7H12OS3. The normalized spacial score (nSPS) is 13.5. The van der Waals surface area contributed by atoms with Gasteiger partial charge in [-0.2, -0.15) is 0 Å². The third kappa shape index (κ3) is 8.23. The Labute approximate surface area is 78.6 Å². The van der Waals surface area contributed by atoms with Crippen LogP contribution in [0.5, 0.6) is 0 Å². The summed E-state index contributed by atoms with van der Waals surface area (Å²) in [5, 5.41) is 1.96. The zero-order chi connectivity index (χ0) is 8.53. The quantitative estimate of drug-likeness (QED) is 0.493. The fourth-order valence-electron chi connectivity index (χ4n) is 0.441. The van der Waals surface area contributed by atoms with Crippen molar-refractivity contribution in [3.8, 4) is 0 Å². The van der Waals surface area contributed by atoms with Crippen molar-refractivity contribution in [1.29, 1.82) is 0 Å². The van der Waals surface area contributed by atoms with Crippen molar-refractivity contribution in [3.05, 3.63) is 24.1 Å². The lowest BCUT2D eigenvalue weighted by molar-refractivity contribution is 0.687. The van der Waals surface area contributed by atoms with E-state index < -0.39 is 10.8 Å². The molecule has 0 saturated carbocycles. The molecule has 0 radical (unpaired) electrons. The molecule has 0 N–H and O–H groups in total. The smallest absolute Gasteiger partial charge is 0.0426 e. The van der Waals surface area contributed by atoms with Gasteiger partial charge in [0.1, 0.15) is 0 Å². The van der Waals surface area contributed by atoms with Crippen LogP contribution in [0, 0.1) is 0 Å². The zero-order valence-electron chi connectivity index (χ0n) is 6.49. The molecule has 1 atom stereocenters. The highest BCUT2D eigenvalue weighted by Gasteiger charge is 1.90. The summed E-state index contributed by atoms with van der Waals surface area (Å²) in [6.07, 6.45) is 5.63. The molecule has 0 aliphatic heterocycles. The highest BCUT2D eigenvalue weighted by atomic mass is 33.1. The maximum absolute atomic E-state index is 11.0. The van der Waals surface area contributed by atoms with Crippen LogP contribution in [0.25, 0.3) is 0 Å². The van der Waals surface area contributed by atoms with Gasteiger partial charge in [0.05, 0.1) is 0 Å². The van der Waals surface area contributed by atoms with E-state index in [1.54, 1.807) is 27.7 Å². The highest BCUT2D eigenvalue weighted by molar-refractivity contribution is 8.77. The second-order valence-electron chi connectivity index (χ2n) is 1.70. The molecule has 0 aromatic heterocycles. The van der Waals surface area contributed by atoms with E-state index in [0.29, 0.717) is 11.5 Å². The lowest BCUT2D eigenvalue weighted by Crippen LogP contribution is -1.96. The molecule has 4 heteroatoms. The van der Waals surface area contributed by atoms with E-state index in [1.807, 2.05) is 17.7 Å². The Hall–Kier alpha value is 0.330. The van der Waals surface area contributed by atoms with Crippen molar-refractivity contribution < 1.29 is 4.21 Å². The Bertz CT molecular complexity index is 154. The maximum Gasteiger partial charge on any atom is 0.0426 e. The van der Waals surface area contributed by atoms with E-state index in [0.717, 1.165) is 0 Å². The predicted octanol–water partition coefficient (Wildman–Crippen LogP) is 2.45. The number of hydrogen-bond donors (Lipinski definition) is 0. The summed E-state index contributed by atoms with van der Waals surface area (Å²) in [5.74, 6) is 1.23. The molecule has 0 aliphatic carbocycles. The first-order valence-electron chi connectivity index (χ1n) is 3.11. The second-order valence-corrected chi connectivity index (χ2v) is 5.62. The Morgan fingerprint density at radius 2 is 2.27 bits per heavy atom. The minimum atomic E-state index is -0.751. The molecule has 64 valence electrons. The van der Waals surface area contributed by atoms with Gasteiger partial charge in [0.25, 0.3) is 0 Å². The summed E-state index contributed by atoms with van der Waals surface area (Å²) in [6, 6.07) is 0. The van der Waals surface area contributed by atoms with Crippen LogP contribution in [0.2, 0.25) is 0 Å². The van der Waals surface area contributed by atoms with Crippen molar-refractivity contribution in [3.63, 3.8) is 0 Å². The van der Waals surface area contributed by atoms with Gasteiger partial charge in [0.15, 0.2) is 0 Å². The van der Waals surface area contributed by atoms with E-state index >= 15 is 0 Å². The minimum absolute atomic E-state index is 0.592. The van der Waals surface area contributed by atoms with Gasteiger partial charge in [-0.15, -0.1) is 6.58 Å². The molecule has 0 saturated heterocycles. The molecule has 0 aromatic rings. The van der Waals surface area contributed by atoms with Crippen LogP contribution < -0.4 is 0 Å². The lowest BCUT2D eigenvalue weighted by atomic mass is 10.8. The standard InChI is InChI=1S/C7H12OS3/c1-3-6-11(8)7-4-5-10-9-2/h3-5H,1,6-7H2,2H3/b5-4+. The van der Waals surface area contributed by atoms with Gasteiger partial charge in [0, 0.05) is 22.3 Å². The summed E-state index contributed by atoms with van der Waals surface area (Å²) in [4.78, 5) is 0. The van der Waals surface area contributed by atoms with Gasteiger partial charge in [-0.05, 0) is 11.7 Å². The van der Waals surface area contributed by atoms with Crippen LogP contribution in [0.1, 0.15) is 0 Å². The molecule has 0 aromatic carbocycles. The van der Waals surface area contributed by atoms with Crippen molar-refractivity contribution in [1.82, 2.24) is 0 Å². The summed E-state index contributed by atoms with van der Waals surface area (Å²) in [6.45, 7) is 3.52. The average molecular weight is 208 g/mol. The molecule has 0 rings (SSSR count). The Morgan fingerprint density at radius 1 is 1.55 bits per heavy atom. The predicted molar refractivity (Wildman–Crippen MR) is 58.3 cm³/mol. The number of rotatable bonds is 6. The fraction of sp³-hybridized carbons (Fsp3) is 0.429. The molecule has 0 spiro atoms. The van der Waals surface area contributed by atoms with Crippen LogP contribution in [-0.4, -0.2) is 22.0 Å². The molecule has 0 amide bonds. The summed E-state index contributed by atoms with van der Waals surface area (Å²) < 4.78 is 11.0. The highest BCUT2D eigenvalue weighted by Crippen LogP contribution is 2.17. The van der Waals surface area contributed by atoms with Crippen LogP contribution >= 0.6 is 21.6 Å². The van der Waals surface area contributed by atoms with Gasteiger partial charge >= 0.3 is 0 Å². The molecule has 0 heterocycles.